The average Bonchev–Trinajstić information content (AvgIpc) is 3.12. The monoisotopic (exact) mass is 470 g/mol. The number of thiazole rings is 1. The molecule has 1 N–H and O–H groups in total. The third kappa shape index (κ3) is 4.22. The van der Waals surface area contributed by atoms with Gasteiger partial charge in [-0.05, 0) is 67.3 Å². The SMILES string of the molecule is CC(=O)Nc1nc(C)c(-c2ccc3c(c2)CCCN3S(=O)(=O)c2ccc(N(C)C)cc2)s1. The molecule has 0 atom stereocenters. The second-order valence-corrected chi connectivity index (χ2v) is 10.9. The number of hydrogen-bond donors (Lipinski definition) is 1. The van der Waals surface area contributed by atoms with Crippen molar-refractivity contribution in [3.63, 3.8) is 0 Å². The van der Waals surface area contributed by atoms with E-state index in [0.717, 1.165) is 45.9 Å². The van der Waals surface area contributed by atoms with E-state index in [9.17, 15) is 13.2 Å². The minimum absolute atomic E-state index is 0.157. The molecule has 0 saturated heterocycles. The summed E-state index contributed by atoms with van der Waals surface area (Å²) in [6.07, 6.45) is 1.56. The number of amides is 1. The van der Waals surface area contributed by atoms with E-state index in [1.54, 1.807) is 12.1 Å². The van der Waals surface area contributed by atoms with Crippen molar-refractivity contribution < 1.29 is 13.2 Å². The quantitative estimate of drug-likeness (QED) is 0.602. The molecule has 0 aliphatic carbocycles. The Hall–Kier alpha value is -2.91. The standard InChI is InChI=1S/C23H26N4O3S2/c1-15-22(31-23(24-15)25-16(2)28)18-7-12-21-17(14-18)6-5-13-27(21)32(29,30)20-10-8-19(9-11-20)26(3)4/h7-12,14H,5-6,13H2,1-4H3,(H,24,25,28). The molecule has 1 aliphatic rings. The van der Waals surface area contributed by atoms with Gasteiger partial charge in [0.15, 0.2) is 5.13 Å². The molecule has 2 heterocycles. The van der Waals surface area contributed by atoms with Crippen LogP contribution >= 0.6 is 11.3 Å². The summed E-state index contributed by atoms with van der Waals surface area (Å²) in [4.78, 5) is 19.0. The summed E-state index contributed by atoms with van der Waals surface area (Å²) in [7, 11) is 0.190. The minimum atomic E-state index is -3.66. The van der Waals surface area contributed by atoms with Crippen molar-refractivity contribution in [1.82, 2.24) is 4.98 Å². The van der Waals surface area contributed by atoms with Gasteiger partial charge in [0.05, 0.1) is 21.2 Å². The number of fused-ring (bicyclic) bond motifs is 1. The molecular formula is C23H26N4O3S2. The summed E-state index contributed by atoms with van der Waals surface area (Å²) < 4.78 is 28.3. The number of aryl methyl sites for hydroxylation is 2. The van der Waals surface area contributed by atoms with E-state index in [2.05, 4.69) is 10.3 Å². The highest BCUT2D eigenvalue weighted by Crippen LogP contribution is 2.38. The van der Waals surface area contributed by atoms with Crippen molar-refractivity contribution in [2.24, 2.45) is 0 Å². The molecular weight excluding hydrogens is 444 g/mol. The number of carbonyl (C=O) groups excluding carboxylic acids is 1. The maximum atomic E-state index is 13.4. The van der Waals surface area contributed by atoms with Gasteiger partial charge in [0.2, 0.25) is 5.91 Å². The average molecular weight is 471 g/mol. The van der Waals surface area contributed by atoms with Gasteiger partial charge in [0.1, 0.15) is 0 Å². The lowest BCUT2D eigenvalue weighted by Gasteiger charge is -2.31. The lowest BCUT2D eigenvalue weighted by molar-refractivity contribution is -0.114. The fourth-order valence-electron chi connectivity index (χ4n) is 3.87. The van der Waals surface area contributed by atoms with E-state index in [-0.39, 0.29) is 5.91 Å². The zero-order valence-corrected chi connectivity index (χ0v) is 20.2. The molecule has 1 amide bonds. The summed E-state index contributed by atoms with van der Waals surface area (Å²) >= 11 is 1.42. The maximum Gasteiger partial charge on any atom is 0.264 e. The zero-order chi connectivity index (χ0) is 23.0. The van der Waals surface area contributed by atoms with Crippen LogP contribution in [0.15, 0.2) is 47.4 Å². The van der Waals surface area contributed by atoms with Crippen molar-refractivity contribution >= 4 is 43.8 Å². The summed E-state index contributed by atoms with van der Waals surface area (Å²) in [5.41, 5.74) is 4.48. The van der Waals surface area contributed by atoms with Gasteiger partial charge in [0.25, 0.3) is 10.0 Å². The first kappa shape index (κ1) is 22.3. The highest BCUT2D eigenvalue weighted by atomic mass is 32.2. The van der Waals surface area contributed by atoms with Crippen molar-refractivity contribution in [3.8, 4) is 10.4 Å². The van der Waals surface area contributed by atoms with Crippen LogP contribution in [-0.4, -0.2) is 39.9 Å². The van der Waals surface area contributed by atoms with Crippen molar-refractivity contribution in [1.29, 1.82) is 0 Å². The van der Waals surface area contributed by atoms with Gasteiger partial charge in [-0.25, -0.2) is 13.4 Å². The van der Waals surface area contributed by atoms with E-state index in [1.165, 1.54) is 22.6 Å². The molecule has 0 unspecified atom stereocenters. The van der Waals surface area contributed by atoms with Gasteiger partial charge < -0.3 is 10.2 Å². The molecule has 7 nitrogen and oxygen atoms in total. The van der Waals surface area contributed by atoms with Crippen LogP contribution in [0.2, 0.25) is 0 Å². The number of sulfonamides is 1. The van der Waals surface area contributed by atoms with Crippen LogP contribution < -0.4 is 14.5 Å². The Labute approximate surface area is 192 Å². The molecule has 1 aromatic heterocycles. The molecule has 0 fully saturated rings. The number of nitrogens with one attached hydrogen (secondary N) is 1. The summed E-state index contributed by atoms with van der Waals surface area (Å²) in [6, 6.07) is 12.8. The predicted molar refractivity (Wildman–Crippen MR) is 130 cm³/mol. The first-order valence-electron chi connectivity index (χ1n) is 10.4. The van der Waals surface area contributed by atoms with Gasteiger partial charge in [-0.3, -0.25) is 9.10 Å². The number of carbonyl (C=O) groups is 1. The molecule has 168 valence electrons. The van der Waals surface area contributed by atoms with Crippen molar-refractivity contribution in [3.05, 3.63) is 53.7 Å². The molecule has 0 saturated carbocycles. The summed E-state index contributed by atoms with van der Waals surface area (Å²) in [6.45, 7) is 3.82. The first-order chi connectivity index (χ1) is 15.2. The smallest absolute Gasteiger partial charge is 0.264 e. The van der Waals surface area contributed by atoms with Crippen LogP contribution in [0.25, 0.3) is 10.4 Å². The Kier molecular flexibility index (Phi) is 5.96. The van der Waals surface area contributed by atoms with E-state index >= 15 is 0 Å². The third-order valence-corrected chi connectivity index (χ3v) is 8.39. The van der Waals surface area contributed by atoms with Gasteiger partial charge in [-0.2, -0.15) is 0 Å². The van der Waals surface area contributed by atoms with Gasteiger partial charge >= 0.3 is 0 Å². The minimum Gasteiger partial charge on any atom is -0.378 e. The predicted octanol–water partition coefficient (Wildman–Crippen LogP) is 4.28. The second kappa shape index (κ2) is 8.55. The Morgan fingerprint density at radius 1 is 1.16 bits per heavy atom. The van der Waals surface area contributed by atoms with Crippen LogP contribution in [0, 0.1) is 6.92 Å². The molecule has 0 radical (unpaired) electrons. The van der Waals surface area contributed by atoms with Crippen molar-refractivity contribution in [2.75, 3.05) is 35.2 Å². The number of hydrogen-bond acceptors (Lipinski definition) is 6. The molecule has 1 aliphatic heterocycles. The second-order valence-electron chi connectivity index (χ2n) is 8.03. The van der Waals surface area contributed by atoms with Crippen LogP contribution in [0.1, 0.15) is 24.6 Å². The number of rotatable bonds is 5. The molecule has 0 spiro atoms. The molecule has 2 aromatic carbocycles. The van der Waals surface area contributed by atoms with E-state index in [0.29, 0.717) is 16.6 Å². The molecule has 32 heavy (non-hydrogen) atoms. The summed E-state index contributed by atoms with van der Waals surface area (Å²) in [5, 5.41) is 3.30. The normalized spacial score (nSPS) is 13.6. The Bertz CT molecular complexity index is 1260. The van der Waals surface area contributed by atoms with Gasteiger partial charge in [-0.15, -0.1) is 0 Å². The lowest BCUT2D eigenvalue weighted by atomic mass is 10.00. The zero-order valence-electron chi connectivity index (χ0n) is 18.5. The van der Waals surface area contributed by atoms with Crippen LogP contribution in [0.3, 0.4) is 0 Å². The molecule has 9 heteroatoms. The van der Waals surface area contributed by atoms with Crippen molar-refractivity contribution in [2.45, 2.75) is 31.6 Å². The largest absolute Gasteiger partial charge is 0.378 e. The van der Waals surface area contributed by atoms with Gasteiger partial charge in [0, 0.05) is 33.3 Å². The van der Waals surface area contributed by atoms with E-state index in [4.69, 9.17) is 0 Å². The fraction of sp³-hybridized carbons (Fsp3) is 0.304. The highest BCUT2D eigenvalue weighted by Gasteiger charge is 2.29. The number of anilines is 3. The van der Waals surface area contributed by atoms with E-state index in [1.807, 2.05) is 56.3 Å². The number of benzene rings is 2. The number of nitrogens with zero attached hydrogens (tertiary/aromatic N) is 3. The number of aromatic nitrogens is 1. The molecule has 4 rings (SSSR count). The van der Waals surface area contributed by atoms with Crippen LogP contribution in [0.4, 0.5) is 16.5 Å². The molecule has 0 bridgehead atoms. The summed E-state index contributed by atoms with van der Waals surface area (Å²) in [5.74, 6) is -0.157. The maximum absolute atomic E-state index is 13.4. The Morgan fingerprint density at radius 2 is 1.88 bits per heavy atom. The fourth-order valence-corrected chi connectivity index (χ4v) is 6.42. The Morgan fingerprint density at radius 3 is 2.53 bits per heavy atom. The molecule has 3 aromatic rings. The third-order valence-electron chi connectivity index (χ3n) is 5.44. The topological polar surface area (TPSA) is 82.6 Å². The lowest BCUT2D eigenvalue weighted by Crippen LogP contribution is -2.35. The Balaban J connectivity index is 1.68. The van der Waals surface area contributed by atoms with Gasteiger partial charge in [-0.1, -0.05) is 17.4 Å². The van der Waals surface area contributed by atoms with Crippen LogP contribution in [-0.2, 0) is 21.2 Å². The van der Waals surface area contributed by atoms with Crippen LogP contribution in [0.5, 0.6) is 0 Å². The highest BCUT2D eigenvalue weighted by molar-refractivity contribution is 7.92. The van der Waals surface area contributed by atoms with E-state index < -0.39 is 10.0 Å². The first-order valence-corrected chi connectivity index (χ1v) is 12.6.